The molecule has 3 rings (SSSR count). The summed E-state index contributed by atoms with van der Waals surface area (Å²) in [5.74, 6) is -13.5. The molecule has 10 heteroatoms. The summed E-state index contributed by atoms with van der Waals surface area (Å²) in [6, 6.07) is 3.81. The Hall–Kier alpha value is -2.49. The highest BCUT2D eigenvalue weighted by molar-refractivity contribution is 7.87. The monoisotopic (exact) mass is 392 g/mol. The summed E-state index contributed by atoms with van der Waals surface area (Å²) in [7, 11) is -5.40. The number of Topliss-reactive ketones (excluding diaryl/α,β-unsaturated/α-hetero) is 1. The lowest BCUT2D eigenvalue weighted by Gasteiger charge is -2.12. The molecule has 0 amide bonds. The van der Waals surface area contributed by atoms with Crippen LogP contribution in [0.1, 0.15) is 22.8 Å². The van der Waals surface area contributed by atoms with E-state index in [9.17, 15) is 35.2 Å². The van der Waals surface area contributed by atoms with Gasteiger partial charge in [0.25, 0.3) is 0 Å². The first-order valence-electron chi connectivity index (χ1n) is 7.18. The van der Waals surface area contributed by atoms with Crippen molar-refractivity contribution in [2.75, 3.05) is 0 Å². The second kappa shape index (κ2) is 6.04. The molecule has 0 bridgehead atoms. The van der Waals surface area contributed by atoms with Crippen LogP contribution in [0.3, 0.4) is 0 Å². The van der Waals surface area contributed by atoms with Crippen molar-refractivity contribution < 1.29 is 39.3 Å². The van der Waals surface area contributed by atoms with Crippen molar-refractivity contribution in [3.05, 3.63) is 58.4 Å². The average molecular weight is 392 g/mol. The topological polar surface area (TPSA) is 60.4 Å². The molecule has 4 nitrogen and oxygen atoms in total. The van der Waals surface area contributed by atoms with E-state index in [1.54, 1.807) is 6.92 Å². The summed E-state index contributed by atoms with van der Waals surface area (Å²) in [6.07, 6.45) is 0.108. The van der Waals surface area contributed by atoms with E-state index in [4.69, 9.17) is 0 Å². The molecule has 0 radical (unpaired) electrons. The Bertz CT molecular complexity index is 1020. The zero-order valence-corrected chi connectivity index (χ0v) is 13.8. The SMILES string of the molecule is CC1Cc2c(OS(=O)(=O)c3c(F)c(F)c(F)c(F)c3F)cccc2C1=O. The lowest BCUT2D eigenvalue weighted by atomic mass is 10.1. The third-order valence-electron chi connectivity index (χ3n) is 3.98. The minimum Gasteiger partial charge on any atom is -0.378 e. The van der Waals surface area contributed by atoms with Crippen molar-refractivity contribution in [2.45, 2.75) is 18.2 Å². The zero-order valence-electron chi connectivity index (χ0n) is 12.9. The number of carbonyl (C=O) groups is 1. The van der Waals surface area contributed by atoms with E-state index in [0.717, 1.165) is 6.07 Å². The molecular weight excluding hydrogens is 383 g/mol. The maximum absolute atomic E-state index is 13.8. The molecule has 2 aromatic rings. The Kier molecular flexibility index (Phi) is 4.26. The van der Waals surface area contributed by atoms with Crippen LogP contribution in [-0.2, 0) is 16.5 Å². The summed E-state index contributed by atoms with van der Waals surface area (Å²) in [5, 5.41) is 0. The first-order chi connectivity index (χ1) is 12.1. The lowest BCUT2D eigenvalue weighted by Crippen LogP contribution is -2.18. The maximum atomic E-state index is 13.8. The van der Waals surface area contributed by atoms with E-state index in [-0.39, 0.29) is 23.3 Å². The van der Waals surface area contributed by atoms with Crippen LogP contribution >= 0.6 is 0 Å². The molecule has 0 aliphatic heterocycles. The van der Waals surface area contributed by atoms with Crippen LogP contribution in [0.2, 0.25) is 0 Å². The van der Waals surface area contributed by atoms with Crippen molar-refractivity contribution in [2.24, 2.45) is 5.92 Å². The molecule has 0 N–H and O–H groups in total. The van der Waals surface area contributed by atoms with Crippen LogP contribution in [-0.4, -0.2) is 14.2 Å². The number of carbonyl (C=O) groups excluding carboxylic acids is 1. The van der Waals surface area contributed by atoms with Gasteiger partial charge in [-0.25, -0.2) is 22.0 Å². The smallest absolute Gasteiger partial charge is 0.345 e. The standard InChI is InChI=1S/C16H9F5O4S/c1-6-5-8-7(15(6)22)3-2-4-9(8)25-26(23,24)16-13(20)11(18)10(17)12(19)14(16)21/h2-4,6H,5H2,1H3. The first kappa shape index (κ1) is 18.3. The number of hydrogen-bond donors (Lipinski definition) is 0. The summed E-state index contributed by atoms with van der Waals surface area (Å²) in [5.41, 5.74) is 0.347. The highest BCUT2D eigenvalue weighted by Gasteiger charge is 2.37. The van der Waals surface area contributed by atoms with Gasteiger partial charge in [0.1, 0.15) is 5.75 Å². The number of hydrogen-bond acceptors (Lipinski definition) is 4. The molecule has 26 heavy (non-hydrogen) atoms. The van der Waals surface area contributed by atoms with Crippen molar-refractivity contribution in [1.82, 2.24) is 0 Å². The Morgan fingerprint density at radius 2 is 1.50 bits per heavy atom. The van der Waals surface area contributed by atoms with E-state index in [2.05, 4.69) is 4.18 Å². The Labute approximate surface area is 144 Å². The highest BCUT2D eigenvalue weighted by Crippen LogP contribution is 2.36. The minimum atomic E-state index is -5.40. The van der Waals surface area contributed by atoms with Crippen molar-refractivity contribution >= 4 is 15.9 Å². The Balaban J connectivity index is 2.13. The second-order valence-corrected chi connectivity index (χ2v) is 7.17. The van der Waals surface area contributed by atoms with E-state index in [0.29, 0.717) is 0 Å². The molecule has 0 fully saturated rings. The molecule has 1 aliphatic rings. The van der Waals surface area contributed by atoms with Crippen LogP contribution in [0.15, 0.2) is 23.1 Å². The van der Waals surface area contributed by atoms with E-state index >= 15 is 0 Å². The van der Waals surface area contributed by atoms with Gasteiger partial charge in [-0.15, -0.1) is 0 Å². The van der Waals surface area contributed by atoms with Crippen molar-refractivity contribution in [1.29, 1.82) is 0 Å². The molecule has 0 saturated heterocycles. The fourth-order valence-electron chi connectivity index (χ4n) is 2.71. The second-order valence-electron chi connectivity index (χ2n) is 5.69. The highest BCUT2D eigenvalue weighted by atomic mass is 32.2. The van der Waals surface area contributed by atoms with Gasteiger partial charge >= 0.3 is 10.1 Å². The van der Waals surface area contributed by atoms with Gasteiger partial charge < -0.3 is 4.18 Å². The number of rotatable bonds is 3. The van der Waals surface area contributed by atoms with Gasteiger partial charge in [-0.3, -0.25) is 4.79 Å². The molecule has 2 aromatic carbocycles. The molecule has 0 spiro atoms. The van der Waals surface area contributed by atoms with Gasteiger partial charge in [0.2, 0.25) is 5.82 Å². The van der Waals surface area contributed by atoms with E-state index in [1.807, 2.05) is 0 Å². The van der Waals surface area contributed by atoms with Gasteiger partial charge in [0.15, 0.2) is 33.9 Å². The summed E-state index contributed by atoms with van der Waals surface area (Å²) >= 11 is 0. The van der Waals surface area contributed by atoms with Crippen molar-refractivity contribution in [3.8, 4) is 5.75 Å². The van der Waals surface area contributed by atoms with Gasteiger partial charge in [-0.1, -0.05) is 19.1 Å². The van der Waals surface area contributed by atoms with Gasteiger partial charge in [-0.2, -0.15) is 8.42 Å². The molecule has 0 saturated carbocycles. The summed E-state index contributed by atoms with van der Waals surface area (Å²) in [6.45, 7) is 1.59. The predicted molar refractivity (Wildman–Crippen MR) is 77.7 cm³/mol. The quantitative estimate of drug-likeness (QED) is 0.347. The molecule has 138 valence electrons. The summed E-state index contributed by atoms with van der Waals surface area (Å²) in [4.78, 5) is 9.86. The molecule has 1 atom stereocenters. The van der Waals surface area contributed by atoms with Gasteiger partial charge in [0, 0.05) is 17.0 Å². The van der Waals surface area contributed by atoms with Gasteiger partial charge in [-0.05, 0) is 12.5 Å². The fraction of sp³-hybridized carbons (Fsp3) is 0.188. The lowest BCUT2D eigenvalue weighted by molar-refractivity contribution is 0.0946. The van der Waals surface area contributed by atoms with Crippen LogP contribution in [0, 0.1) is 35.0 Å². The number of ketones is 1. The third kappa shape index (κ3) is 2.64. The molecule has 1 aliphatic carbocycles. The largest absolute Gasteiger partial charge is 0.378 e. The Morgan fingerprint density at radius 1 is 0.962 bits per heavy atom. The van der Waals surface area contributed by atoms with Gasteiger partial charge in [0.05, 0.1) is 0 Å². The molecular formula is C16H9F5O4S. The number of fused-ring (bicyclic) bond motifs is 1. The zero-order chi connectivity index (χ0) is 19.4. The maximum Gasteiger partial charge on any atom is 0.345 e. The van der Waals surface area contributed by atoms with Crippen LogP contribution < -0.4 is 4.18 Å². The third-order valence-corrected chi connectivity index (χ3v) is 5.23. The summed E-state index contributed by atoms with van der Waals surface area (Å²) < 4.78 is 96.1. The normalized spacial score (nSPS) is 16.7. The average Bonchev–Trinajstić information content (AvgIpc) is 2.87. The van der Waals surface area contributed by atoms with E-state index in [1.165, 1.54) is 12.1 Å². The van der Waals surface area contributed by atoms with Crippen LogP contribution in [0.5, 0.6) is 5.75 Å². The van der Waals surface area contributed by atoms with Crippen LogP contribution in [0.25, 0.3) is 0 Å². The fourth-order valence-corrected chi connectivity index (χ4v) is 3.81. The number of benzene rings is 2. The molecule has 0 heterocycles. The molecule has 1 unspecified atom stereocenters. The van der Waals surface area contributed by atoms with E-state index < -0.39 is 55.8 Å². The van der Waals surface area contributed by atoms with Crippen LogP contribution in [0.4, 0.5) is 22.0 Å². The molecule has 0 aromatic heterocycles. The minimum absolute atomic E-state index is 0.108. The number of halogens is 5. The van der Waals surface area contributed by atoms with Crippen molar-refractivity contribution in [3.63, 3.8) is 0 Å². The Morgan fingerprint density at radius 3 is 2.08 bits per heavy atom. The predicted octanol–water partition coefficient (Wildman–Crippen LogP) is 3.52. The first-order valence-corrected chi connectivity index (χ1v) is 8.59.